The summed E-state index contributed by atoms with van der Waals surface area (Å²) in [4.78, 5) is 30.2. The van der Waals surface area contributed by atoms with Crippen molar-refractivity contribution in [1.29, 1.82) is 0 Å². The van der Waals surface area contributed by atoms with E-state index in [1.165, 1.54) is 17.0 Å². The molecule has 0 aliphatic heterocycles. The van der Waals surface area contributed by atoms with E-state index < -0.39 is 28.5 Å². The van der Waals surface area contributed by atoms with Crippen LogP contribution in [0.2, 0.25) is 0 Å². The number of anilines is 1. The van der Waals surface area contributed by atoms with E-state index in [9.17, 15) is 18.0 Å². The molecular weight excluding hydrogens is 598 g/mol. The second kappa shape index (κ2) is 15.6. The quantitative estimate of drug-likeness (QED) is 0.181. The minimum Gasteiger partial charge on any atom is -0.497 e. The summed E-state index contributed by atoms with van der Waals surface area (Å²) in [6.07, 6.45) is 0.956. The number of sulfonamides is 1. The molecule has 2 atom stereocenters. The zero-order valence-electron chi connectivity index (χ0n) is 27.1. The zero-order valence-corrected chi connectivity index (χ0v) is 28.0. The van der Waals surface area contributed by atoms with Gasteiger partial charge in [0.05, 0.1) is 17.7 Å². The van der Waals surface area contributed by atoms with E-state index in [2.05, 4.69) is 5.32 Å². The van der Waals surface area contributed by atoms with Gasteiger partial charge in [0.2, 0.25) is 11.8 Å². The van der Waals surface area contributed by atoms with Gasteiger partial charge < -0.3 is 15.0 Å². The van der Waals surface area contributed by atoms with Gasteiger partial charge in [0, 0.05) is 19.0 Å². The number of hydrogen-bond acceptors (Lipinski definition) is 5. The van der Waals surface area contributed by atoms with Gasteiger partial charge in [0.25, 0.3) is 10.0 Å². The molecule has 0 aliphatic carbocycles. The molecule has 1 N–H and O–H groups in total. The first kappa shape index (κ1) is 34.2. The van der Waals surface area contributed by atoms with Gasteiger partial charge in [-0.15, -0.1) is 0 Å². The van der Waals surface area contributed by atoms with Gasteiger partial charge in [0.1, 0.15) is 18.3 Å². The average molecular weight is 642 g/mol. The summed E-state index contributed by atoms with van der Waals surface area (Å²) in [5, 5.41) is 3.06. The predicted octanol–water partition coefficient (Wildman–Crippen LogP) is 6.06. The lowest BCUT2D eigenvalue weighted by atomic mass is 10.0. The third kappa shape index (κ3) is 8.54. The number of rotatable bonds is 14. The fourth-order valence-electron chi connectivity index (χ4n) is 5.28. The first-order valence-corrected chi connectivity index (χ1v) is 16.9. The van der Waals surface area contributed by atoms with Crippen molar-refractivity contribution in [3.63, 3.8) is 0 Å². The number of carbonyl (C=O) groups is 2. The Morgan fingerprint density at radius 3 is 2.13 bits per heavy atom. The molecule has 0 saturated heterocycles. The molecule has 0 aromatic heterocycles. The summed E-state index contributed by atoms with van der Waals surface area (Å²) < 4.78 is 35.0. The van der Waals surface area contributed by atoms with Crippen molar-refractivity contribution in [2.24, 2.45) is 0 Å². The molecule has 8 nitrogen and oxygen atoms in total. The number of aryl methyl sites for hydroxylation is 2. The van der Waals surface area contributed by atoms with Gasteiger partial charge in [-0.05, 0) is 74.2 Å². The highest BCUT2D eigenvalue weighted by Gasteiger charge is 2.35. The number of carbonyl (C=O) groups excluding carboxylic acids is 2. The van der Waals surface area contributed by atoms with Crippen molar-refractivity contribution in [2.45, 2.75) is 64.1 Å². The average Bonchev–Trinajstić information content (AvgIpc) is 3.06. The summed E-state index contributed by atoms with van der Waals surface area (Å²) in [5.41, 5.74) is 3.69. The van der Waals surface area contributed by atoms with Crippen molar-refractivity contribution in [1.82, 2.24) is 10.2 Å². The molecule has 46 heavy (non-hydrogen) atoms. The van der Waals surface area contributed by atoms with Crippen LogP contribution in [0.25, 0.3) is 0 Å². The van der Waals surface area contributed by atoms with Crippen molar-refractivity contribution in [3.05, 3.63) is 125 Å². The SMILES string of the molecule is CC[C@H](C)NC(=O)[C@@H](Cc1ccccc1)N(Cc1cccc(OC)c1)C(=O)CN(c1ccc(C)cc1C)S(=O)(=O)c1ccccc1. The summed E-state index contributed by atoms with van der Waals surface area (Å²) in [6, 6.07) is 29.3. The zero-order chi connectivity index (χ0) is 33.3. The largest absolute Gasteiger partial charge is 0.497 e. The maximum atomic E-state index is 14.6. The van der Waals surface area contributed by atoms with Crippen LogP contribution < -0.4 is 14.4 Å². The predicted molar refractivity (Wildman–Crippen MR) is 182 cm³/mol. The smallest absolute Gasteiger partial charge is 0.264 e. The number of nitrogens with zero attached hydrogens (tertiary/aromatic N) is 2. The highest BCUT2D eigenvalue weighted by atomic mass is 32.2. The van der Waals surface area contributed by atoms with E-state index >= 15 is 0 Å². The molecule has 0 radical (unpaired) electrons. The Kier molecular flexibility index (Phi) is 11.6. The number of ether oxygens (including phenoxy) is 1. The first-order valence-electron chi connectivity index (χ1n) is 15.4. The maximum Gasteiger partial charge on any atom is 0.264 e. The second-order valence-electron chi connectivity index (χ2n) is 11.5. The van der Waals surface area contributed by atoms with E-state index in [4.69, 9.17) is 4.74 Å². The molecular formula is C37H43N3O5S. The van der Waals surface area contributed by atoms with Crippen molar-refractivity contribution in [3.8, 4) is 5.75 Å². The Labute approximate surface area is 273 Å². The van der Waals surface area contributed by atoms with Crippen molar-refractivity contribution in [2.75, 3.05) is 18.0 Å². The van der Waals surface area contributed by atoms with Crippen LogP contribution in [-0.4, -0.2) is 50.9 Å². The molecule has 4 aromatic carbocycles. The van der Waals surface area contributed by atoms with Crippen LogP contribution >= 0.6 is 0 Å². The lowest BCUT2D eigenvalue weighted by Crippen LogP contribution is -2.54. The van der Waals surface area contributed by atoms with Crippen LogP contribution in [0.3, 0.4) is 0 Å². The van der Waals surface area contributed by atoms with Crippen LogP contribution in [0.4, 0.5) is 5.69 Å². The van der Waals surface area contributed by atoms with Crippen LogP contribution in [0.5, 0.6) is 5.75 Å². The van der Waals surface area contributed by atoms with Gasteiger partial charge >= 0.3 is 0 Å². The third-order valence-corrected chi connectivity index (χ3v) is 9.76. The summed E-state index contributed by atoms with van der Waals surface area (Å²) in [5.74, 6) is -0.210. The second-order valence-corrected chi connectivity index (χ2v) is 13.4. The van der Waals surface area contributed by atoms with Crippen molar-refractivity contribution >= 4 is 27.5 Å². The van der Waals surface area contributed by atoms with Crippen LogP contribution in [0.1, 0.15) is 42.5 Å². The molecule has 0 aliphatic rings. The minimum atomic E-state index is -4.16. The number of methoxy groups -OCH3 is 1. The van der Waals surface area contributed by atoms with Crippen molar-refractivity contribution < 1.29 is 22.7 Å². The van der Waals surface area contributed by atoms with Gasteiger partial charge in [-0.3, -0.25) is 13.9 Å². The van der Waals surface area contributed by atoms with Crippen LogP contribution in [0, 0.1) is 13.8 Å². The van der Waals surface area contributed by atoms with Gasteiger partial charge in [-0.2, -0.15) is 0 Å². The fraction of sp³-hybridized carbons (Fsp3) is 0.297. The molecule has 0 spiro atoms. The topological polar surface area (TPSA) is 96.0 Å². The van der Waals surface area contributed by atoms with Gasteiger partial charge in [-0.1, -0.05) is 85.3 Å². The van der Waals surface area contributed by atoms with Gasteiger partial charge in [0.15, 0.2) is 0 Å². The lowest BCUT2D eigenvalue weighted by molar-refractivity contribution is -0.140. The van der Waals surface area contributed by atoms with Crippen LogP contribution in [0.15, 0.2) is 108 Å². The molecule has 242 valence electrons. The van der Waals surface area contributed by atoms with Gasteiger partial charge in [-0.25, -0.2) is 8.42 Å². The Bertz CT molecular complexity index is 1730. The fourth-order valence-corrected chi connectivity index (χ4v) is 6.78. The van der Waals surface area contributed by atoms with Crippen LogP contribution in [-0.2, 0) is 32.6 Å². The molecule has 9 heteroatoms. The lowest BCUT2D eigenvalue weighted by Gasteiger charge is -2.34. The number of nitrogens with one attached hydrogen (secondary N) is 1. The highest BCUT2D eigenvalue weighted by Crippen LogP contribution is 2.29. The molecule has 2 amide bonds. The maximum absolute atomic E-state index is 14.6. The first-order chi connectivity index (χ1) is 22.0. The molecule has 4 rings (SSSR count). The number of hydrogen-bond donors (Lipinski definition) is 1. The molecule has 0 heterocycles. The summed E-state index contributed by atoms with van der Waals surface area (Å²) in [6.45, 7) is 7.21. The summed E-state index contributed by atoms with van der Waals surface area (Å²) in [7, 11) is -2.60. The molecule has 0 bridgehead atoms. The standard InChI is InChI=1S/C37H43N3O5S/c1-6-29(4)38-37(42)35(24-30-14-9-7-10-15-30)39(25-31-16-13-17-32(23-31)45-5)36(41)26-40(34-21-20-27(2)22-28(34)3)46(43,44)33-18-11-8-12-19-33/h7-23,29,35H,6,24-26H2,1-5H3,(H,38,42)/t29-,35+/m0/s1. The Morgan fingerprint density at radius 1 is 0.848 bits per heavy atom. The monoisotopic (exact) mass is 641 g/mol. The highest BCUT2D eigenvalue weighted by molar-refractivity contribution is 7.92. The third-order valence-electron chi connectivity index (χ3n) is 7.99. The molecule has 0 fully saturated rings. The van der Waals surface area contributed by atoms with E-state index in [-0.39, 0.29) is 29.8 Å². The molecule has 0 unspecified atom stereocenters. The number of benzene rings is 4. The number of amides is 2. The Morgan fingerprint density at radius 2 is 1.50 bits per heavy atom. The molecule has 4 aromatic rings. The van der Waals surface area contributed by atoms with E-state index in [1.54, 1.807) is 37.4 Å². The molecule has 0 saturated carbocycles. The Balaban J connectivity index is 1.83. The normalized spacial score (nSPS) is 12.5. The van der Waals surface area contributed by atoms with E-state index in [1.807, 2.05) is 88.4 Å². The van der Waals surface area contributed by atoms with E-state index in [0.717, 1.165) is 21.0 Å². The minimum absolute atomic E-state index is 0.0631. The van der Waals surface area contributed by atoms with E-state index in [0.29, 0.717) is 23.4 Å². The Hall–Kier alpha value is -4.63. The summed E-state index contributed by atoms with van der Waals surface area (Å²) >= 11 is 0.